The largest absolute Gasteiger partial charge is 0.463 e. The summed E-state index contributed by atoms with van der Waals surface area (Å²) >= 11 is 0. The van der Waals surface area contributed by atoms with Gasteiger partial charge in [-0.1, -0.05) is 13.8 Å². The van der Waals surface area contributed by atoms with Gasteiger partial charge in [-0.3, -0.25) is 4.79 Å². The first-order valence-electron chi connectivity index (χ1n) is 4.46. The Bertz CT molecular complexity index is 123. The fraction of sp³-hybridized carbons (Fsp3) is 0.889. The van der Waals surface area contributed by atoms with Crippen molar-refractivity contribution in [2.75, 3.05) is 19.8 Å². The lowest BCUT2D eigenvalue weighted by Gasteiger charge is -2.08. The van der Waals surface area contributed by atoms with E-state index in [0.717, 1.165) is 6.42 Å². The Balaban J connectivity index is 3.31. The Labute approximate surface area is 74.0 Å². The van der Waals surface area contributed by atoms with Gasteiger partial charge < -0.3 is 9.47 Å². The number of carbonyl (C=O) groups excluding carboxylic acids is 1. The molecule has 72 valence electrons. The predicted octanol–water partition coefficient (Wildman–Crippen LogP) is 1.61. The van der Waals surface area contributed by atoms with Gasteiger partial charge >= 0.3 is 5.97 Å². The predicted molar refractivity (Wildman–Crippen MR) is 46.9 cm³/mol. The third kappa shape index (κ3) is 5.13. The summed E-state index contributed by atoms with van der Waals surface area (Å²) in [5.41, 5.74) is 0. The molecule has 0 aromatic rings. The Hall–Kier alpha value is -0.570. The van der Waals surface area contributed by atoms with E-state index in [1.54, 1.807) is 0 Å². The van der Waals surface area contributed by atoms with Gasteiger partial charge in [-0.15, -0.1) is 0 Å². The van der Waals surface area contributed by atoms with Gasteiger partial charge in [0.2, 0.25) is 0 Å². The topological polar surface area (TPSA) is 35.5 Å². The van der Waals surface area contributed by atoms with Crippen molar-refractivity contribution < 1.29 is 14.3 Å². The van der Waals surface area contributed by atoms with Crippen LogP contribution in [-0.2, 0) is 14.3 Å². The molecule has 3 heteroatoms. The Morgan fingerprint density at radius 2 is 2.00 bits per heavy atom. The second-order valence-corrected chi connectivity index (χ2v) is 2.67. The van der Waals surface area contributed by atoms with Crippen LogP contribution in [0.15, 0.2) is 0 Å². The Morgan fingerprint density at radius 3 is 2.50 bits per heavy atom. The van der Waals surface area contributed by atoms with Crippen molar-refractivity contribution in [3.8, 4) is 0 Å². The molecule has 0 aromatic carbocycles. The maximum absolute atomic E-state index is 11.1. The second kappa shape index (κ2) is 7.10. The first kappa shape index (κ1) is 11.4. The van der Waals surface area contributed by atoms with Crippen molar-refractivity contribution in [1.29, 1.82) is 0 Å². The van der Waals surface area contributed by atoms with E-state index in [0.29, 0.717) is 19.8 Å². The molecular weight excluding hydrogens is 156 g/mol. The van der Waals surface area contributed by atoms with Gasteiger partial charge in [-0.2, -0.15) is 0 Å². The number of ether oxygens (including phenoxy) is 2. The zero-order valence-electron chi connectivity index (χ0n) is 8.13. The highest BCUT2D eigenvalue weighted by atomic mass is 16.6. The van der Waals surface area contributed by atoms with Crippen LogP contribution in [0, 0.1) is 5.92 Å². The summed E-state index contributed by atoms with van der Waals surface area (Å²) in [6.07, 6.45) is 0.827. The maximum Gasteiger partial charge on any atom is 0.308 e. The Morgan fingerprint density at radius 1 is 1.33 bits per heavy atom. The molecule has 0 aromatic heterocycles. The third-order valence-electron chi connectivity index (χ3n) is 1.69. The molecular formula is C9H18O3. The zero-order valence-corrected chi connectivity index (χ0v) is 8.13. The average Bonchev–Trinajstić information content (AvgIpc) is 2.10. The van der Waals surface area contributed by atoms with E-state index < -0.39 is 0 Å². The normalized spacial score (nSPS) is 12.6. The highest BCUT2D eigenvalue weighted by Crippen LogP contribution is 2.02. The molecule has 0 N–H and O–H groups in total. The van der Waals surface area contributed by atoms with Gasteiger partial charge in [-0.25, -0.2) is 0 Å². The van der Waals surface area contributed by atoms with E-state index in [9.17, 15) is 4.79 Å². The van der Waals surface area contributed by atoms with Crippen LogP contribution >= 0.6 is 0 Å². The number of rotatable bonds is 6. The van der Waals surface area contributed by atoms with Crippen LogP contribution in [0.25, 0.3) is 0 Å². The smallest absolute Gasteiger partial charge is 0.308 e. The lowest BCUT2D eigenvalue weighted by molar-refractivity contribution is -0.149. The number of carbonyl (C=O) groups is 1. The molecule has 0 bridgehead atoms. The summed E-state index contributed by atoms with van der Waals surface area (Å²) in [5.74, 6) is -0.121. The summed E-state index contributed by atoms with van der Waals surface area (Å²) in [5, 5.41) is 0. The highest BCUT2D eigenvalue weighted by Gasteiger charge is 2.10. The van der Waals surface area contributed by atoms with Crippen molar-refractivity contribution in [3.63, 3.8) is 0 Å². The molecule has 0 saturated heterocycles. The lowest BCUT2D eigenvalue weighted by Crippen LogP contribution is -2.16. The molecule has 0 aliphatic carbocycles. The van der Waals surface area contributed by atoms with Crippen molar-refractivity contribution >= 4 is 5.97 Å². The molecule has 0 saturated carbocycles. The molecule has 0 spiro atoms. The molecule has 1 atom stereocenters. The number of hydrogen-bond acceptors (Lipinski definition) is 3. The molecule has 0 aliphatic heterocycles. The number of esters is 1. The summed E-state index contributed by atoms with van der Waals surface area (Å²) in [4.78, 5) is 11.1. The molecule has 0 rings (SSSR count). The van der Waals surface area contributed by atoms with E-state index in [1.165, 1.54) is 0 Å². The van der Waals surface area contributed by atoms with Gasteiger partial charge in [0, 0.05) is 6.61 Å². The maximum atomic E-state index is 11.1. The minimum Gasteiger partial charge on any atom is -0.463 e. The summed E-state index contributed by atoms with van der Waals surface area (Å²) in [6.45, 7) is 7.28. The summed E-state index contributed by atoms with van der Waals surface area (Å²) < 4.78 is 9.95. The van der Waals surface area contributed by atoms with Gasteiger partial charge in [-0.05, 0) is 13.3 Å². The quantitative estimate of drug-likeness (QED) is 0.453. The van der Waals surface area contributed by atoms with Crippen LogP contribution in [0.2, 0.25) is 0 Å². The molecule has 0 aliphatic rings. The van der Waals surface area contributed by atoms with Crippen molar-refractivity contribution in [2.45, 2.75) is 27.2 Å². The first-order chi connectivity index (χ1) is 5.72. The van der Waals surface area contributed by atoms with Crippen LogP contribution in [0.4, 0.5) is 0 Å². The van der Waals surface area contributed by atoms with Gasteiger partial charge in [0.15, 0.2) is 0 Å². The number of hydrogen-bond donors (Lipinski definition) is 0. The molecule has 0 heterocycles. The fourth-order valence-electron chi connectivity index (χ4n) is 0.654. The van der Waals surface area contributed by atoms with Crippen LogP contribution in [-0.4, -0.2) is 25.8 Å². The van der Waals surface area contributed by atoms with E-state index in [4.69, 9.17) is 9.47 Å². The lowest BCUT2D eigenvalue weighted by atomic mass is 10.1. The molecule has 0 fully saturated rings. The first-order valence-corrected chi connectivity index (χ1v) is 4.46. The standard InChI is InChI=1S/C9H18O3/c1-4-8(3)9(10)12-7-6-11-5-2/h8H,4-7H2,1-3H3/t8-/m1/s1. The fourth-order valence-corrected chi connectivity index (χ4v) is 0.654. The van der Waals surface area contributed by atoms with E-state index in [1.807, 2.05) is 20.8 Å². The van der Waals surface area contributed by atoms with Crippen molar-refractivity contribution in [2.24, 2.45) is 5.92 Å². The average molecular weight is 174 g/mol. The zero-order chi connectivity index (χ0) is 9.40. The van der Waals surface area contributed by atoms with Crippen LogP contribution in [0.1, 0.15) is 27.2 Å². The molecule has 0 unspecified atom stereocenters. The van der Waals surface area contributed by atoms with E-state index in [2.05, 4.69) is 0 Å². The van der Waals surface area contributed by atoms with Gasteiger partial charge in [0.1, 0.15) is 6.61 Å². The second-order valence-electron chi connectivity index (χ2n) is 2.67. The van der Waals surface area contributed by atoms with Gasteiger partial charge in [0.05, 0.1) is 12.5 Å². The minimum atomic E-state index is -0.128. The monoisotopic (exact) mass is 174 g/mol. The third-order valence-corrected chi connectivity index (χ3v) is 1.69. The highest BCUT2D eigenvalue weighted by molar-refractivity contribution is 5.71. The van der Waals surface area contributed by atoms with Crippen LogP contribution < -0.4 is 0 Å². The molecule has 3 nitrogen and oxygen atoms in total. The van der Waals surface area contributed by atoms with Crippen molar-refractivity contribution in [3.05, 3.63) is 0 Å². The van der Waals surface area contributed by atoms with E-state index in [-0.39, 0.29) is 11.9 Å². The van der Waals surface area contributed by atoms with Crippen LogP contribution in [0.5, 0.6) is 0 Å². The summed E-state index contributed by atoms with van der Waals surface area (Å²) in [6, 6.07) is 0. The van der Waals surface area contributed by atoms with E-state index >= 15 is 0 Å². The SMILES string of the molecule is CCOCCOC(=O)[C@H](C)CC. The molecule has 12 heavy (non-hydrogen) atoms. The molecule has 0 amide bonds. The minimum absolute atomic E-state index is 0.00614. The summed E-state index contributed by atoms with van der Waals surface area (Å²) in [7, 11) is 0. The molecule has 0 radical (unpaired) electrons. The van der Waals surface area contributed by atoms with Crippen molar-refractivity contribution in [1.82, 2.24) is 0 Å². The van der Waals surface area contributed by atoms with Gasteiger partial charge in [0.25, 0.3) is 0 Å². The van der Waals surface area contributed by atoms with Crippen LogP contribution in [0.3, 0.4) is 0 Å². The Kier molecular flexibility index (Phi) is 6.76.